The van der Waals surface area contributed by atoms with Gasteiger partial charge in [0.25, 0.3) is 0 Å². The molecule has 1 aliphatic rings. The molecule has 2 aromatic carbocycles. The van der Waals surface area contributed by atoms with Crippen LogP contribution < -0.4 is 10.6 Å². The first-order valence-corrected chi connectivity index (χ1v) is 12.6. The van der Waals surface area contributed by atoms with E-state index in [-0.39, 0.29) is 5.41 Å². The van der Waals surface area contributed by atoms with Crippen molar-refractivity contribution in [2.24, 2.45) is 11.3 Å². The number of likely N-dealkylation sites (tertiary alicyclic amines) is 1. The van der Waals surface area contributed by atoms with Crippen LogP contribution in [0.25, 0.3) is 5.57 Å². The zero-order valence-corrected chi connectivity index (χ0v) is 22.0. The lowest BCUT2D eigenvalue weighted by atomic mass is 9.77. The van der Waals surface area contributed by atoms with Crippen molar-refractivity contribution in [1.82, 2.24) is 15.5 Å². The second-order valence-corrected chi connectivity index (χ2v) is 9.94. The Bertz CT molecular complexity index is 1070. The van der Waals surface area contributed by atoms with Crippen LogP contribution in [0.2, 0.25) is 0 Å². The second-order valence-electron chi connectivity index (χ2n) is 9.94. The summed E-state index contributed by atoms with van der Waals surface area (Å²) in [5, 5.41) is 6.37. The molecular formula is C32H41N3. The number of hydrogen-bond acceptors (Lipinski definition) is 3. The molecule has 35 heavy (non-hydrogen) atoms. The molecule has 0 unspecified atom stereocenters. The predicted molar refractivity (Wildman–Crippen MR) is 151 cm³/mol. The van der Waals surface area contributed by atoms with E-state index in [1.54, 1.807) is 0 Å². The van der Waals surface area contributed by atoms with E-state index in [1.807, 2.05) is 14.1 Å². The number of nitrogens with zero attached hydrogens (tertiary/aromatic N) is 1. The van der Waals surface area contributed by atoms with E-state index in [2.05, 4.69) is 109 Å². The molecule has 3 rings (SSSR count). The van der Waals surface area contributed by atoms with Crippen LogP contribution in [-0.2, 0) is 6.54 Å². The normalized spacial score (nSPS) is 13.8. The standard InChI is InChI=1S/C32H41N3/c1-8-9-30-22-35(23-30)21-29-14-12-27(13-15-29)10-11-28-16-18-31(19-17-28)24(2)20-32(5,25(3)33-6)26(4)34-7/h12-19,30,33-34H,2-4,8-9,20-23H2,1,5-7H3. The molecule has 1 aliphatic heterocycles. The average Bonchev–Trinajstić information content (AvgIpc) is 2.86. The highest BCUT2D eigenvalue weighted by atomic mass is 15.2. The molecule has 3 nitrogen and oxygen atoms in total. The molecule has 3 heteroatoms. The van der Waals surface area contributed by atoms with Crippen LogP contribution in [0.4, 0.5) is 0 Å². The molecule has 1 fully saturated rings. The summed E-state index contributed by atoms with van der Waals surface area (Å²) in [7, 11) is 3.78. The van der Waals surface area contributed by atoms with Crippen LogP contribution in [0.5, 0.6) is 0 Å². The second kappa shape index (κ2) is 12.0. The molecule has 0 radical (unpaired) electrons. The molecule has 0 bridgehead atoms. The van der Waals surface area contributed by atoms with Crippen LogP contribution in [0, 0.1) is 23.2 Å². The monoisotopic (exact) mass is 467 g/mol. The Morgan fingerprint density at radius 3 is 1.91 bits per heavy atom. The number of hydrogen-bond donors (Lipinski definition) is 2. The maximum atomic E-state index is 4.34. The minimum atomic E-state index is -0.335. The van der Waals surface area contributed by atoms with E-state index in [0.717, 1.165) is 52.5 Å². The van der Waals surface area contributed by atoms with Crippen LogP contribution in [0.1, 0.15) is 55.4 Å². The van der Waals surface area contributed by atoms with Gasteiger partial charge in [-0.15, -0.1) is 0 Å². The summed E-state index contributed by atoms with van der Waals surface area (Å²) < 4.78 is 0. The fourth-order valence-corrected chi connectivity index (χ4v) is 4.76. The lowest BCUT2D eigenvalue weighted by Gasteiger charge is -2.39. The van der Waals surface area contributed by atoms with Crippen molar-refractivity contribution in [3.63, 3.8) is 0 Å². The zero-order chi connectivity index (χ0) is 25.4. The summed E-state index contributed by atoms with van der Waals surface area (Å²) >= 11 is 0. The van der Waals surface area contributed by atoms with Crippen LogP contribution in [-0.4, -0.2) is 32.1 Å². The molecule has 0 aliphatic carbocycles. The minimum Gasteiger partial charge on any atom is -0.391 e. The Hall–Kier alpha value is -3.22. The van der Waals surface area contributed by atoms with Gasteiger partial charge in [0, 0.05) is 61.7 Å². The number of benzene rings is 2. The van der Waals surface area contributed by atoms with Gasteiger partial charge in [0.05, 0.1) is 0 Å². The molecule has 0 atom stereocenters. The van der Waals surface area contributed by atoms with E-state index in [1.165, 1.54) is 31.5 Å². The van der Waals surface area contributed by atoms with E-state index in [0.29, 0.717) is 0 Å². The smallest absolute Gasteiger partial charge is 0.0496 e. The van der Waals surface area contributed by atoms with Crippen LogP contribution in [0.3, 0.4) is 0 Å². The third-order valence-corrected chi connectivity index (χ3v) is 7.24. The highest BCUT2D eigenvalue weighted by Crippen LogP contribution is 2.39. The summed E-state index contributed by atoms with van der Waals surface area (Å²) in [6.07, 6.45) is 3.38. The molecule has 0 amide bonds. The van der Waals surface area contributed by atoms with Crippen molar-refractivity contribution in [3.8, 4) is 11.8 Å². The third kappa shape index (κ3) is 6.68. The number of nitrogens with one attached hydrogen (secondary N) is 2. The Balaban J connectivity index is 1.59. The maximum Gasteiger partial charge on any atom is 0.0496 e. The first-order chi connectivity index (χ1) is 16.8. The van der Waals surface area contributed by atoms with E-state index in [9.17, 15) is 0 Å². The first-order valence-electron chi connectivity index (χ1n) is 12.6. The van der Waals surface area contributed by atoms with Crippen molar-refractivity contribution in [2.45, 2.75) is 39.7 Å². The van der Waals surface area contributed by atoms with Gasteiger partial charge in [0.15, 0.2) is 0 Å². The highest BCUT2D eigenvalue weighted by molar-refractivity contribution is 5.66. The van der Waals surface area contributed by atoms with Crippen molar-refractivity contribution >= 4 is 5.57 Å². The summed E-state index contributed by atoms with van der Waals surface area (Å²) in [6.45, 7) is 20.7. The van der Waals surface area contributed by atoms with Crippen LogP contribution in [0.15, 0.2) is 79.7 Å². The summed E-state index contributed by atoms with van der Waals surface area (Å²) in [4.78, 5) is 2.53. The molecule has 2 aromatic rings. The van der Waals surface area contributed by atoms with Gasteiger partial charge in [-0.05, 0) is 66.6 Å². The van der Waals surface area contributed by atoms with Gasteiger partial charge in [-0.2, -0.15) is 0 Å². The zero-order valence-electron chi connectivity index (χ0n) is 22.0. The fourth-order valence-electron chi connectivity index (χ4n) is 4.76. The van der Waals surface area contributed by atoms with Crippen molar-refractivity contribution in [2.75, 3.05) is 27.2 Å². The first kappa shape index (κ1) is 26.4. The van der Waals surface area contributed by atoms with Crippen molar-refractivity contribution < 1.29 is 0 Å². The topological polar surface area (TPSA) is 27.3 Å². The number of rotatable bonds is 11. The molecule has 0 aromatic heterocycles. The summed E-state index contributed by atoms with van der Waals surface area (Å²) in [6, 6.07) is 17.0. The van der Waals surface area contributed by atoms with Gasteiger partial charge in [-0.25, -0.2) is 0 Å². The van der Waals surface area contributed by atoms with Gasteiger partial charge >= 0.3 is 0 Å². The largest absolute Gasteiger partial charge is 0.391 e. The summed E-state index contributed by atoms with van der Waals surface area (Å²) in [5.41, 5.74) is 7.04. The predicted octanol–water partition coefficient (Wildman–Crippen LogP) is 6.19. The SMILES string of the molecule is C=C(CC(C)(C(=C)NC)C(=C)NC)c1ccc(C#Cc2ccc(CN3CC(CCC)C3)cc2)cc1. The Labute approximate surface area is 213 Å². The third-order valence-electron chi connectivity index (χ3n) is 7.24. The quantitative estimate of drug-likeness (QED) is 0.386. The molecule has 0 spiro atoms. The van der Waals surface area contributed by atoms with Crippen LogP contribution >= 0.6 is 0 Å². The molecule has 2 N–H and O–H groups in total. The lowest BCUT2D eigenvalue weighted by molar-refractivity contribution is 0.0860. The molecule has 0 saturated carbocycles. The number of allylic oxidation sites excluding steroid dienone is 1. The van der Waals surface area contributed by atoms with Crippen molar-refractivity contribution in [3.05, 3.63) is 102 Å². The fraction of sp³-hybridized carbons (Fsp3) is 0.375. The molecule has 1 saturated heterocycles. The summed E-state index contributed by atoms with van der Waals surface area (Å²) in [5.74, 6) is 7.50. The van der Waals surface area contributed by atoms with E-state index >= 15 is 0 Å². The van der Waals surface area contributed by atoms with E-state index < -0.39 is 0 Å². The minimum absolute atomic E-state index is 0.335. The van der Waals surface area contributed by atoms with Gasteiger partial charge in [-0.3, -0.25) is 4.90 Å². The molecule has 184 valence electrons. The van der Waals surface area contributed by atoms with Gasteiger partial charge in [0.2, 0.25) is 0 Å². The van der Waals surface area contributed by atoms with Gasteiger partial charge in [-0.1, -0.05) is 69.2 Å². The maximum absolute atomic E-state index is 4.34. The molecular weight excluding hydrogens is 426 g/mol. The molecule has 1 heterocycles. The average molecular weight is 468 g/mol. The van der Waals surface area contributed by atoms with E-state index in [4.69, 9.17) is 0 Å². The lowest BCUT2D eigenvalue weighted by Crippen LogP contribution is -2.45. The highest BCUT2D eigenvalue weighted by Gasteiger charge is 2.31. The Morgan fingerprint density at radius 2 is 1.43 bits per heavy atom. The Kier molecular flexibility index (Phi) is 9.01. The van der Waals surface area contributed by atoms with Gasteiger partial charge in [0.1, 0.15) is 0 Å². The Morgan fingerprint density at radius 1 is 0.914 bits per heavy atom. The van der Waals surface area contributed by atoms with Gasteiger partial charge < -0.3 is 10.6 Å². The van der Waals surface area contributed by atoms with Crippen molar-refractivity contribution in [1.29, 1.82) is 0 Å².